The molecule has 16 rings (SSSR count). The quantitative estimate of drug-likeness (QED) is 0.130. The molecule has 2 aliphatic carbocycles. The minimum absolute atomic E-state index is 0.896. The van der Waals surface area contributed by atoms with Crippen LogP contribution < -0.4 is 0 Å². The zero-order valence-electron chi connectivity index (χ0n) is 46.2. The summed E-state index contributed by atoms with van der Waals surface area (Å²) in [5.74, 6) is 1.82. The van der Waals surface area contributed by atoms with Crippen LogP contribution in [0.2, 0.25) is 0 Å². The van der Waals surface area contributed by atoms with Crippen LogP contribution in [-0.2, 0) is 0 Å². The van der Waals surface area contributed by atoms with Gasteiger partial charge in [0.1, 0.15) is 11.6 Å². The molecule has 10 aromatic carbocycles. The highest BCUT2D eigenvalue weighted by Gasteiger charge is 2.31. The van der Waals surface area contributed by atoms with E-state index in [1.54, 1.807) is 0 Å². The van der Waals surface area contributed by atoms with Gasteiger partial charge in [0.25, 0.3) is 0 Å². The van der Waals surface area contributed by atoms with E-state index in [0.29, 0.717) is 0 Å². The molecule has 0 unspecified atom stereocenters. The molecular formula is C78H56N6. The minimum Gasteiger partial charge on any atom is -0.307 e. The molecule has 0 N–H and O–H groups in total. The molecule has 0 atom stereocenters. The Morgan fingerprint density at radius 2 is 0.726 bits per heavy atom. The van der Waals surface area contributed by atoms with Gasteiger partial charge in [0.2, 0.25) is 0 Å². The predicted octanol–water partition coefficient (Wildman–Crippen LogP) is 20.2. The summed E-state index contributed by atoms with van der Waals surface area (Å²) in [4.78, 5) is 11.2. The van der Waals surface area contributed by atoms with E-state index in [9.17, 15) is 0 Å². The van der Waals surface area contributed by atoms with E-state index in [1.165, 1.54) is 28.0 Å². The third-order valence-electron chi connectivity index (χ3n) is 17.0. The summed E-state index contributed by atoms with van der Waals surface area (Å²) in [7, 11) is 0. The van der Waals surface area contributed by atoms with Crippen molar-refractivity contribution in [3.05, 3.63) is 297 Å². The summed E-state index contributed by atoms with van der Waals surface area (Å²) in [6.45, 7) is 0. The maximum atomic E-state index is 5.63. The van der Waals surface area contributed by atoms with Crippen molar-refractivity contribution in [3.8, 4) is 84.6 Å². The smallest absolute Gasteiger partial charge is 0.145 e. The lowest BCUT2D eigenvalue weighted by molar-refractivity contribution is 0.960. The molecule has 2 aliphatic rings. The largest absolute Gasteiger partial charge is 0.307 e. The second kappa shape index (κ2) is 20.6. The first kappa shape index (κ1) is 49.0. The van der Waals surface area contributed by atoms with Crippen LogP contribution in [0.4, 0.5) is 0 Å². The Balaban J connectivity index is 0.958. The van der Waals surface area contributed by atoms with Crippen molar-refractivity contribution >= 4 is 55.1 Å². The molecule has 0 aliphatic heterocycles. The number of imidazole rings is 2. The summed E-state index contributed by atoms with van der Waals surface area (Å²) < 4.78 is 9.72. The van der Waals surface area contributed by atoms with Crippen LogP contribution in [-0.4, -0.2) is 28.2 Å². The van der Waals surface area contributed by atoms with Crippen LogP contribution >= 0.6 is 0 Å². The molecular weight excluding hydrogens is 1020 g/mol. The van der Waals surface area contributed by atoms with E-state index in [-0.39, 0.29) is 0 Å². The second-order valence-electron chi connectivity index (χ2n) is 21.9. The van der Waals surface area contributed by atoms with Gasteiger partial charge in [0.05, 0.1) is 44.5 Å². The van der Waals surface area contributed by atoms with Gasteiger partial charge >= 0.3 is 0 Å². The number of hydrogen-bond donors (Lipinski definition) is 0. The number of allylic oxidation sites excluding steroid dienone is 8. The molecule has 0 saturated carbocycles. The van der Waals surface area contributed by atoms with Gasteiger partial charge in [-0.3, -0.25) is 9.13 Å². The molecule has 0 bridgehead atoms. The van der Waals surface area contributed by atoms with E-state index >= 15 is 0 Å². The molecule has 0 spiro atoms. The van der Waals surface area contributed by atoms with Crippen LogP contribution in [0.15, 0.2) is 291 Å². The highest BCUT2D eigenvalue weighted by Crippen LogP contribution is 2.51. The Kier molecular flexibility index (Phi) is 12.0. The van der Waals surface area contributed by atoms with Gasteiger partial charge in [-0.2, -0.15) is 0 Å². The van der Waals surface area contributed by atoms with Gasteiger partial charge in [-0.1, -0.05) is 225 Å². The van der Waals surface area contributed by atoms with Gasteiger partial charge in [0.15, 0.2) is 0 Å². The Morgan fingerprint density at radius 3 is 1.24 bits per heavy atom. The summed E-state index contributed by atoms with van der Waals surface area (Å²) in [5, 5.41) is 2.31. The van der Waals surface area contributed by atoms with Crippen LogP contribution in [0.3, 0.4) is 0 Å². The Hall–Kier alpha value is -10.8. The molecule has 0 fully saturated rings. The second-order valence-corrected chi connectivity index (χ2v) is 21.9. The molecule has 4 heterocycles. The predicted molar refractivity (Wildman–Crippen MR) is 350 cm³/mol. The first-order valence-electron chi connectivity index (χ1n) is 29.2. The maximum Gasteiger partial charge on any atom is 0.145 e. The average molecular weight is 1080 g/mol. The average Bonchev–Trinajstić information content (AvgIpc) is 2.62. The monoisotopic (exact) mass is 1080 g/mol. The third kappa shape index (κ3) is 8.33. The van der Waals surface area contributed by atoms with Crippen molar-refractivity contribution in [1.29, 1.82) is 0 Å². The molecule has 14 aromatic rings. The number of nitrogens with zero attached hydrogens (tertiary/aromatic N) is 6. The highest BCUT2D eigenvalue weighted by molar-refractivity contribution is 6.13. The lowest BCUT2D eigenvalue weighted by Crippen LogP contribution is -2.05. The Morgan fingerprint density at radius 1 is 0.298 bits per heavy atom. The number of hydrogen-bond acceptors (Lipinski definition) is 2. The minimum atomic E-state index is 0.896. The number of fused-ring (bicyclic) bond motifs is 4. The summed E-state index contributed by atoms with van der Waals surface area (Å²) in [6, 6.07) is 92.6. The van der Waals surface area contributed by atoms with E-state index in [4.69, 9.17) is 9.97 Å². The van der Waals surface area contributed by atoms with Crippen molar-refractivity contribution in [2.24, 2.45) is 0 Å². The van der Waals surface area contributed by atoms with E-state index in [0.717, 1.165) is 143 Å². The fourth-order valence-electron chi connectivity index (χ4n) is 13.1. The fraction of sp³-hybridized carbons (Fsp3) is 0.0513. The summed E-state index contributed by atoms with van der Waals surface area (Å²) in [5.41, 5.74) is 24.3. The first-order chi connectivity index (χ1) is 41.7. The van der Waals surface area contributed by atoms with E-state index < -0.39 is 0 Å². The van der Waals surface area contributed by atoms with Gasteiger partial charge in [-0.15, -0.1) is 0 Å². The number of benzene rings is 10. The lowest BCUT2D eigenvalue weighted by Gasteiger charge is -2.19. The number of rotatable bonds is 11. The van der Waals surface area contributed by atoms with Crippen molar-refractivity contribution in [2.45, 2.75) is 25.7 Å². The van der Waals surface area contributed by atoms with Crippen LogP contribution in [0.1, 0.15) is 31.2 Å². The van der Waals surface area contributed by atoms with Gasteiger partial charge in [-0.25, -0.2) is 9.97 Å². The van der Waals surface area contributed by atoms with Crippen LogP contribution in [0.25, 0.3) is 140 Å². The molecule has 6 nitrogen and oxygen atoms in total. The van der Waals surface area contributed by atoms with E-state index in [2.05, 4.69) is 310 Å². The topological polar surface area (TPSA) is 45.5 Å². The van der Waals surface area contributed by atoms with Crippen molar-refractivity contribution in [3.63, 3.8) is 0 Å². The lowest BCUT2D eigenvalue weighted by atomic mass is 9.95. The molecule has 0 saturated heterocycles. The molecule has 0 amide bonds. The summed E-state index contributed by atoms with van der Waals surface area (Å²) >= 11 is 0. The van der Waals surface area contributed by atoms with E-state index in [1.807, 2.05) is 0 Å². The van der Waals surface area contributed by atoms with Crippen LogP contribution in [0, 0.1) is 0 Å². The Bertz CT molecular complexity index is 4950. The molecule has 6 heteroatoms. The van der Waals surface area contributed by atoms with Crippen molar-refractivity contribution in [2.75, 3.05) is 0 Å². The zero-order chi connectivity index (χ0) is 55.5. The SMILES string of the molecule is C1=CCCC(c2ccc(-c3nc4cc(-n5c(-c6c(-c7ccccc7)c7ccccc7n6-c6ccc7c(c6)nc(-c6ccc(-c8ccccc8)cc6)n7C6=CC=CCC6)c(-c6ccccc6)c6ccccc65)ccc4n3-c3ccccc3)cc2)=C1. The van der Waals surface area contributed by atoms with Crippen molar-refractivity contribution < 1.29 is 0 Å². The van der Waals surface area contributed by atoms with Gasteiger partial charge in [0, 0.05) is 55.8 Å². The standard InChI is InChI=1S/C78H56N6/c1-7-23-53(24-8-1)55-39-43-59(44-40-55)77-79-67-51-63(47-49-71(67)83(77)61-31-15-5-16-32-61)81-69-37-21-19-35-65(69)73(57-27-11-3-12-28-57)75(81)76-74(58-29-13-4-14-30-58)66-36-20-22-38-70(66)82(76)64-48-50-72-68(52-64)80-78(84(72)62-33-17-6-18-34-62)60-45-41-56(42-46-60)54-25-9-2-10-26-54/h1-9,11-15,17-25,27-31,33-52H,10,16,26,32H2. The normalized spacial score (nSPS) is 13.3. The van der Waals surface area contributed by atoms with Gasteiger partial charge < -0.3 is 9.13 Å². The number of aromatic nitrogens is 6. The first-order valence-corrected chi connectivity index (χ1v) is 29.2. The van der Waals surface area contributed by atoms with Crippen molar-refractivity contribution in [1.82, 2.24) is 28.2 Å². The maximum absolute atomic E-state index is 5.63. The molecule has 0 radical (unpaired) electrons. The van der Waals surface area contributed by atoms with Crippen LogP contribution in [0.5, 0.6) is 0 Å². The van der Waals surface area contributed by atoms with Gasteiger partial charge in [-0.05, 0) is 126 Å². The highest BCUT2D eigenvalue weighted by atomic mass is 15.1. The zero-order valence-corrected chi connectivity index (χ0v) is 46.2. The Labute approximate surface area is 487 Å². The molecule has 398 valence electrons. The third-order valence-corrected chi connectivity index (χ3v) is 17.0. The molecule has 4 aromatic heterocycles. The molecule has 84 heavy (non-hydrogen) atoms. The summed E-state index contributed by atoms with van der Waals surface area (Å²) in [6.07, 6.45) is 17.4. The fourth-order valence-corrected chi connectivity index (χ4v) is 13.1. The number of para-hydroxylation sites is 3.